The minimum atomic E-state index is -0.359. The number of hydrogen-bond donors (Lipinski definition) is 0. The van der Waals surface area contributed by atoms with Gasteiger partial charge in [0.1, 0.15) is 5.82 Å². The zero-order valence-corrected chi connectivity index (χ0v) is 9.72. The van der Waals surface area contributed by atoms with Gasteiger partial charge in [-0.05, 0) is 38.1 Å². The lowest BCUT2D eigenvalue weighted by Crippen LogP contribution is -2.05. The van der Waals surface area contributed by atoms with Gasteiger partial charge >= 0.3 is 0 Å². The molecule has 1 aromatic heterocycles. The van der Waals surface area contributed by atoms with Gasteiger partial charge in [0, 0.05) is 23.4 Å². The summed E-state index contributed by atoms with van der Waals surface area (Å²) in [5.41, 5.74) is 1.79. The van der Waals surface area contributed by atoms with E-state index in [1.165, 1.54) is 18.2 Å². The number of aldehydes is 1. The molecule has 4 heteroatoms. The summed E-state index contributed by atoms with van der Waals surface area (Å²) < 4.78 is 15.0. The molecule has 0 atom stereocenters. The van der Waals surface area contributed by atoms with Crippen molar-refractivity contribution in [3.8, 4) is 11.3 Å². The van der Waals surface area contributed by atoms with Crippen LogP contribution in [0.4, 0.5) is 4.39 Å². The summed E-state index contributed by atoms with van der Waals surface area (Å²) in [5, 5.41) is 4.18. The van der Waals surface area contributed by atoms with Gasteiger partial charge in [0.2, 0.25) is 0 Å². The highest BCUT2D eigenvalue weighted by molar-refractivity contribution is 5.86. The Morgan fingerprint density at radius 3 is 2.76 bits per heavy atom. The van der Waals surface area contributed by atoms with E-state index in [9.17, 15) is 9.18 Å². The molecule has 0 spiro atoms. The minimum Gasteiger partial charge on any atom is -0.298 e. The van der Waals surface area contributed by atoms with Crippen LogP contribution in [0.3, 0.4) is 0 Å². The lowest BCUT2D eigenvalue weighted by molar-refractivity contribution is 0.112. The van der Waals surface area contributed by atoms with Gasteiger partial charge in [-0.15, -0.1) is 0 Å². The first-order valence-electron chi connectivity index (χ1n) is 5.42. The van der Waals surface area contributed by atoms with E-state index in [1.54, 1.807) is 16.9 Å². The maximum absolute atomic E-state index is 13.3. The number of aromatic nitrogens is 2. The highest BCUT2D eigenvalue weighted by atomic mass is 19.1. The first-order valence-corrected chi connectivity index (χ1v) is 5.42. The quantitative estimate of drug-likeness (QED) is 0.762. The molecule has 1 aromatic carbocycles. The number of rotatable bonds is 3. The Morgan fingerprint density at radius 2 is 2.12 bits per heavy atom. The second-order valence-electron chi connectivity index (χ2n) is 4.10. The molecule has 0 fully saturated rings. The normalized spacial score (nSPS) is 10.8. The highest BCUT2D eigenvalue weighted by Crippen LogP contribution is 2.25. The maximum atomic E-state index is 13.3. The summed E-state index contributed by atoms with van der Waals surface area (Å²) in [6.45, 7) is 3.97. The second-order valence-corrected chi connectivity index (χ2v) is 4.10. The first-order chi connectivity index (χ1) is 8.13. The fourth-order valence-corrected chi connectivity index (χ4v) is 1.79. The molecule has 0 amide bonds. The molecule has 1 heterocycles. The SMILES string of the molecule is CC(C)n1nccc1-c1cc(F)ccc1C=O. The Hall–Kier alpha value is -1.97. The van der Waals surface area contributed by atoms with Gasteiger partial charge in [0.25, 0.3) is 0 Å². The average molecular weight is 232 g/mol. The van der Waals surface area contributed by atoms with Crippen LogP contribution in [0.5, 0.6) is 0 Å². The molecule has 17 heavy (non-hydrogen) atoms. The summed E-state index contributed by atoms with van der Waals surface area (Å²) >= 11 is 0. The monoisotopic (exact) mass is 232 g/mol. The molecule has 0 bridgehead atoms. The van der Waals surface area contributed by atoms with Crippen LogP contribution in [0.15, 0.2) is 30.5 Å². The molecule has 3 nitrogen and oxygen atoms in total. The summed E-state index contributed by atoms with van der Waals surface area (Å²) in [6, 6.07) is 6.06. The lowest BCUT2D eigenvalue weighted by atomic mass is 10.0. The fraction of sp³-hybridized carbons (Fsp3) is 0.231. The largest absolute Gasteiger partial charge is 0.298 e. The third kappa shape index (κ3) is 2.11. The number of nitrogens with zero attached hydrogens (tertiary/aromatic N) is 2. The minimum absolute atomic E-state index is 0.155. The molecular weight excluding hydrogens is 219 g/mol. The first kappa shape index (κ1) is 11.5. The van der Waals surface area contributed by atoms with E-state index >= 15 is 0 Å². The third-order valence-electron chi connectivity index (χ3n) is 2.58. The third-order valence-corrected chi connectivity index (χ3v) is 2.58. The van der Waals surface area contributed by atoms with E-state index in [0.717, 1.165) is 12.0 Å². The van der Waals surface area contributed by atoms with Crippen LogP contribution in [-0.2, 0) is 0 Å². The molecule has 2 aromatic rings. The van der Waals surface area contributed by atoms with E-state index in [-0.39, 0.29) is 11.9 Å². The number of halogens is 1. The van der Waals surface area contributed by atoms with Crippen molar-refractivity contribution in [3.63, 3.8) is 0 Å². The Balaban J connectivity index is 2.63. The standard InChI is InChI=1S/C13H13FN2O/c1-9(2)16-13(5-6-15-16)12-7-11(14)4-3-10(12)8-17/h3-9H,1-2H3. The van der Waals surface area contributed by atoms with Gasteiger partial charge in [0.05, 0.1) is 5.69 Å². The molecule has 0 radical (unpaired) electrons. The van der Waals surface area contributed by atoms with Gasteiger partial charge in [0.15, 0.2) is 6.29 Å². The van der Waals surface area contributed by atoms with Crippen molar-refractivity contribution in [2.75, 3.05) is 0 Å². The van der Waals surface area contributed by atoms with Crippen LogP contribution in [-0.4, -0.2) is 16.1 Å². The Morgan fingerprint density at radius 1 is 1.35 bits per heavy atom. The molecule has 0 aliphatic heterocycles. The topological polar surface area (TPSA) is 34.9 Å². The smallest absolute Gasteiger partial charge is 0.150 e. The van der Waals surface area contributed by atoms with Crippen molar-refractivity contribution >= 4 is 6.29 Å². The van der Waals surface area contributed by atoms with Gasteiger partial charge in [-0.1, -0.05) is 0 Å². The zero-order valence-electron chi connectivity index (χ0n) is 9.72. The summed E-state index contributed by atoms with van der Waals surface area (Å²) in [6.07, 6.45) is 2.38. The van der Waals surface area contributed by atoms with Crippen molar-refractivity contribution in [2.45, 2.75) is 19.9 Å². The van der Waals surface area contributed by atoms with Gasteiger partial charge in [-0.25, -0.2) is 4.39 Å². The van der Waals surface area contributed by atoms with E-state index in [1.807, 2.05) is 13.8 Å². The van der Waals surface area contributed by atoms with Crippen LogP contribution >= 0.6 is 0 Å². The van der Waals surface area contributed by atoms with Crippen LogP contribution in [0.2, 0.25) is 0 Å². The van der Waals surface area contributed by atoms with Gasteiger partial charge in [-0.2, -0.15) is 5.10 Å². The summed E-state index contributed by atoms with van der Waals surface area (Å²) in [7, 11) is 0. The van der Waals surface area contributed by atoms with Crippen LogP contribution in [0.1, 0.15) is 30.2 Å². The number of benzene rings is 1. The number of carbonyl (C=O) groups excluding carboxylic acids is 1. The predicted molar refractivity (Wildman–Crippen MR) is 63.4 cm³/mol. The fourth-order valence-electron chi connectivity index (χ4n) is 1.79. The number of hydrogen-bond acceptors (Lipinski definition) is 2. The lowest BCUT2D eigenvalue weighted by Gasteiger charge is -2.12. The molecule has 0 aliphatic carbocycles. The zero-order chi connectivity index (χ0) is 12.4. The van der Waals surface area contributed by atoms with E-state index in [2.05, 4.69) is 5.10 Å². The van der Waals surface area contributed by atoms with Crippen molar-refractivity contribution < 1.29 is 9.18 Å². The summed E-state index contributed by atoms with van der Waals surface area (Å²) in [5.74, 6) is -0.359. The molecule has 2 rings (SSSR count). The second kappa shape index (κ2) is 4.49. The van der Waals surface area contributed by atoms with E-state index < -0.39 is 0 Å². The van der Waals surface area contributed by atoms with Crippen molar-refractivity contribution in [2.24, 2.45) is 0 Å². The van der Waals surface area contributed by atoms with E-state index in [4.69, 9.17) is 0 Å². The summed E-state index contributed by atoms with van der Waals surface area (Å²) in [4.78, 5) is 11.0. The molecule has 0 unspecified atom stereocenters. The molecular formula is C13H13FN2O. The van der Waals surface area contributed by atoms with Crippen molar-refractivity contribution in [1.82, 2.24) is 9.78 Å². The average Bonchev–Trinajstić information content (AvgIpc) is 2.77. The van der Waals surface area contributed by atoms with Crippen LogP contribution in [0.25, 0.3) is 11.3 Å². The molecule has 88 valence electrons. The molecule has 0 aliphatic rings. The number of carbonyl (C=O) groups is 1. The molecule has 0 N–H and O–H groups in total. The molecule has 0 saturated carbocycles. The molecule has 0 saturated heterocycles. The maximum Gasteiger partial charge on any atom is 0.150 e. The Kier molecular flexibility index (Phi) is 3.04. The highest BCUT2D eigenvalue weighted by Gasteiger charge is 2.12. The van der Waals surface area contributed by atoms with Crippen LogP contribution < -0.4 is 0 Å². The predicted octanol–water partition coefficient (Wildman–Crippen LogP) is 3.08. The van der Waals surface area contributed by atoms with Gasteiger partial charge < -0.3 is 0 Å². The van der Waals surface area contributed by atoms with Crippen LogP contribution in [0, 0.1) is 5.82 Å². The van der Waals surface area contributed by atoms with Crippen molar-refractivity contribution in [1.29, 1.82) is 0 Å². The van der Waals surface area contributed by atoms with E-state index in [0.29, 0.717) is 11.1 Å². The van der Waals surface area contributed by atoms with Gasteiger partial charge in [-0.3, -0.25) is 9.48 Å². The van der Waals surface area contributed by atoms with Crippen molar-refractivity contribution in [3.05, 3.63) is 41.8 Å². The Bertz CT molecular complexity index is 546. The Labute approximate surface area is 98.9 Å².